The van der Waals surface area contributed by atoms with Crippen molar-refractivity contribution in [3.8, 4) is 0 Å². The minimum atomic E-state index is 0.558. The van der Waals surface area contributed by atoms with Crippen molar-refractivity contribution < 1.29 is 4.74 Å². The first-order valence-corrected chi connectivity index (χ1v) is 6.39. The monoisotopic (exact) mass is 212 g/mol. The number of hydrogen-bond acceptors (Lipinski definition) is 3. The van der Waals surface area contributed by atoms with Gasteiger partial charge in [-0.3, -0.25) is 0 Å². The van der Waals surface area contributed by atoms with Gasteiger partial charge in [-0.15, -0.1) is 0 Å². The smallest absolute Gasteiger partial charge is 0.0620 e. The summed E-state index contributed by atoms with van der Waals surface area (Å²) in [5, 5.41) is 7.10. The zero-order valence-electron chi connectivity index (χ0n) is 9.80. The number of hydrogen-bond donors (Lipinski definition) is 2. The molecule has 3 heteroatoms. The van der Waals surface area contributed by atoms with Crippen molar-refractivity contribution in [1.82, 2.24) is 10.6 Å². The van der Waals surface area contributed by atoms with Gasteiger partial charge in [0.2, 0.25) is 0 Å². The Morgan fingerprint density at radius 3 is 3.00 bits per heavy atom. The SMILES string of the molecule is CC(CC1COCCN1)NCCC1CC1. The van der Waals surface area contributed by atoms with Gasteiger partial charge in [0.05, 0.1) is 13.2 Å². The lowest BCUT2D eigenvalue weighted by Crippen LogP contribution is -2.45. The summed E-state index contributed by atoms with van der Waals surface area (Å²) >= 11 is 0. The number of ether oxygens (including phenoxy) is 1. The van der Waals surface area contributed by atoms with Crippen LogP contribution < -0.4 is 10.6 Å². The van der Waals surface area contributed by atoms with Gasteiger partial charge in [0.25, 0.3) is 0 Å². The lowest BCUT2D eigenvalue weighted by Gasteiger charge is -2.26. The Balaban J connectivity index is 1.51. The molecule has 2 rings (SSSR count). The summed E-state index contributed by atoms with van der Waals surface area (Å²) in [5.41, 5.74) is 0. The summed E-state index contributed by atoms with van der Waals surface area (Å²) in [5.74, 6) is 1.04. The molecule has 1 heterocycles. The van der Waals surface area contributed by atoms with E-state index >= 15 is 0 Å². The Morgan fingerprint density at radius 2 is 2.33 bits per heavy atom. The second kappa shape index (κ2) is 5.83. The summed E-state index contributed by atoms with van der Waals surface area (Å²) in [6.07, 6.45) is 5.49. The summed E-state index contributed by atoms with van der Waals surface area (Å²) in [7, 11) is 0. The van der Waals surface area contributed by atoms with Gasteiger partial charge in [-0.1, -0.05) is 12.8 Å². The summed E-state index contributed by atoms with van der Waals surface area (Å²) in [4.78, 5) is 0. The fraction of sp³-hybridized carbons (Fsp3) is 1.00. The molecule has 2 fully saturated rings. The number of morpholine rings is 1. The fourth-order valence-electron chi connectivity index (χ4n) is 2.22. The molecular formula is C12H24N2O. The predicted octanol–water partition coefficient (Wildman–Crippen LogP) is 1.14. The van der Waals surface area contributed by atoms with Crippen molar-refractivity contribution in [3.05, 3.63) is 0 Å². The Bertz CT molecular complexity index is 176. The van der Waals surface area contributed by atoms with E-state index < -0.39 is 0 Å². The van der Waals surface area contributed by atoms with E-state index in [4.69, 9.17) is 4.74 Å². The average molecular weight is 212 g/mol. The van der Waals surface area contributed by atoms with E-state index in [0.29, 0.717) is 12.1 Å². The van der Waals surface area contributed by atoms with Gasteiger partial charge in [0.1, 0.15) is 0 Å². The molecule has 0 aromatic rings. The van der Waals surface area contributed by atoms with Crippen LogP contribution in [0.2, 0.25) is 0 Å². The molecule has 0 radical (unpaired) electrons. The highest BCUT2D eigenvalue weighted by molar-refractivity contribution is 4.78. The first-order chi connectivity index (χ1) is 7.34. The minimum Gasteiger partial charge on any atom is -0.379 e. The Labute approximate surface area is 93.0 Å². The number of nitrogens with one attached hydrogen (secondary N) is 2. The molecule has 2 unspecified atom stereocenters. The Morgan fingerprint density at radius 1 is 1.47 bits per heavy atom. The average Bonchev–Trinajstić information content (AvgIpc) is 3.03. The molecule has 1 saturated heterocycles. The molecule has 88 valence electrons. The van der Waals surface area contributed by atoms with Crippen LogP contribution in [0.25, 0.3) is 0 Å². The predicted molar refractivity (Wildman–Crippen MR) is 62.0 cm³/mol. The van der Waals surface area contributed by atoms with Crippen LogP contribution >= 0.6 is 0 Å². The quantitative estimate of drug-likeness (QED) is 0.693. The third-order valence-corrected chi connectivity index (χ3v) is 3.38. The van der Waals surface area contributed by atoms with Gasteiger partial charge in [-0.25, -0.2) is 0 Å². The molecule has 2 atom stereocenters. The van der Waals surface area contributed by atoms with Crippen LogP contribution in [-0.2, 0) is 4.74 Å². The molecule has 3 nitrogen and oxygen atoms in total. The van der Waals surface area contributed by atoms with Crippen LogP contribution in [0.1, 0.15) is 32.6 Å². The van der Waals surface area contributed by atoms with Crippen molar-refractivity contribution in [2.45, 2.75) is 44.7 Å². The van der Waals surface area contributed by atoms with Crippen molar-refractivity contribution in [1.29, 1.82) is 0 Å². The third-order valence-electron chi connectivity index (χ3n) is 3.38. The van der Waals surface area contributed by atoms with Gasteiger partial charge < -0.3 is 15.4 Å². The second-order valence-corrected chi connectivity index (χ2v) is 5.05. The van der Waals surface area contributed by atoms with Crippen molar-refractivity contribution in [3.63, 3.8) is 0 Å². The highest BCUT2D eigenvalue weighted by atomic mass is 16.5. The van der Waals surface area contributed by atoms with Crippen LogP contribution in [0.3, 0.4) is 0 Å². The van der Waals surface area contributed by atoms with Crippen LogP contribution in [0.5, 0.6) is 0 Å². The molecule has 0 bridgehead atoms. The van der Waals surface area contributed by atoms with Gasteiger partial charge >= 0.3 is 0 Å². The molecule has 1 aliphatic carbocycles. The van der Waals surface area contributed by atoms with E-state index in [-0.39, 0.29) is 0 Å². The first kappa shape index (κ1) is 11.4. The maximum Gasteiger partial charge on any atom is 0.0620 e. The molecule has 1 saturated carbocycles. The zero-order chi connectivity index (χ0) is 10.5. The van der Waals surface area contributed by atoms with Crippen molar-refractivity contribution in [2.75, 3.05) is 26.3 Å². The van der Waals surface area contributed by atoms with E-state index in [1.807, 2.05) is 0 Å². The minimum absolute atomic E-state index is 0.558. The van der Waals surface area contributed by atoms with Gasteiger partial charge in [-0.05, 0) is 32.2 Å². The Kier molecular flexibility index (Phi) is 4.42. The second-order valence-electron chi connectivity index (χ2n) is 5.05. The van der Waals surface area contributed by atoms with Crippen LogP contribution in [0.4, 0.5) is 0 Å². The van der Waals surface area contributed by atoms with Gasteiger partial charge in [-0.2, -0.15) is 0 Å². The summed E-state index contributed by atoms with van der Waals surface area (Å²) in [6, 6.07) is 1.17. The third kappa shape index (κ3) is 4.49. The number of rotatable bonds is 6. The molecule has 0 amide bonds. The highest BCUT2D eigenvalue weighted by Crippen LogP contribution is 2.31. The molecule has 0 aromatic heterocycles. The molecule has 2 N–H and O–H groups in total. The van der Waals surface area contributed by atoms with Crippen molar-refractivity contribution in [2.24, 2.45) is 5.92 Å². The summed E-state index contributed by atoms with van der Waals surface area (Å²) in [6.45, 7) is 6.25. The standard InChI is InChI=1S/C12H24N2O/c1-10(13-5-4-11-2-3-11)8-12-9-15-7-6-14-12/h10-14H,2-9H2,1H3. The van der Waals surface area contributed by atoms with E-state index in [9.17, 15) is 0 Å². The zero-order valence-corrected chi connectivity index (χ0v) is 9.80. The van der Waals surface area contributed by atoms with Gasteiger partial charge in [0.15, 0.2) is 0 Å². The maximum atomic E-state index is 5.45. The van der Waals surface area contributed by atoms with Crippen LogP contribution in [-0.4, -0.2) is 38.4 Å². The van der Waals surface area contributed by atoms with Gasteiger partial charge in [0, 0.05) is 18.6 Å². The largest absolute Gasteiger partial charge is 0.379 e. The van der Waals surface area contributed by atoms with E-state index in [0.717, 1.165) is 25.7 Å². The normalized spacial score (nSPS) is 29.0. The van der Waals surface area contributed by atoms with E-state index in [2.05, 4.69) is 17.6 Å². The van der Waals surface area contributed by atoms with E-state index in [1.54, 1.807) is 0 Å². The highest BCUT2D eigenvalue weighted by Gasteiger charge is 2.21. The lowest BCUT2D eigenvalue weighted by molar-refractivity contribution is 0.0712. The first-order valence-electron chi connectivity index (χ1n) is 6.39. The molecule has 2 aliphatic rings. The van der Waals surface area contributed by atoms with Crippen molar-refractivity contribution >= 4 is 0 Å². The topological polar surface area (TPSA) is 33.3 Å². The summed E-state index contributed by atoms with van der Waals surface area (Å²) < 4.78 is 5.45. The molecule has 0 aromatic carbocycles. The molecule has 0 spiro atoms. The molecular weight excluding hydrogens is 188 g/mol. The Hall–Kier alpha value is -0.120. The molecule has 1 aliphatic heterocycles. The van der Waals surface area contributed by atoms with E-state index in [1.165, 1.54) is 32.2 Å². The van der Waals surface area contributed by atoms with Crippen LogP contribution in [0, 0.1) is 5.92 Å². The van der Waals surface area contributed by atoms with Crippen LogP contribution in [0.15, 0.2) is 0 Å². The maximum absolute atomic E-state index is 5.45. The fourth-order valence-corrected chi connectivity index (χ4v) is 2.22. The lowest BCUT2D eigenvalue weighted by atomic mass is 10.1. The molecule has 15 heavy (non-hydrogen) atoms.